The maximum Gasteiger partial charge on any atom is 0.244 e. The second-order valence-electron chi connectivity index (χ2n) is 9.94. The first-order chi connectivity index (χ1) is 18.5. The van der Waals surface area contributed by atoms with E-state index >= 15 is 0 Å². The molecular weight excluding hydrogens is 514 g/mol. The summed E-state index contributed by atoms with van der Waals surface area (Å²) < 4.78 is 32.5. The zero-order valence-electron chi connectivity index (χ0n) is 23.1. The number of hydrogen-bond acceptors (Lipinski definition) is 5. The Labute approximate surface area is 231 Å². The van der Waals surface area contributed by atoms with Crippen LogP contribution in [0.1, 0.15) is 31.9 Å². The van der Waals surface area contributed by atoms with Crippen molar-refractivity contribution in [1.29, 1.82) is 0 Å². The highest BCUT2D eigenvalue weighted by molar-refractivity contribution is 7.92. The summed E-state index contributed by atoms with van der Waals surface area (Å²) in [4.78, 5) is 28.1. The molecule has 3 aromatic carbocycles. The Balaban J connectivity index is 1.86. The first-order valence-electron chi connectivity index (χ1n) is 12.9. The molecule has 2 amide bonds. The molecule has 0 saturated carbocycles. The van der Waals surface area contributed by atoms with Gasteiger partial charge in [0.05, 0.1) is 11.9 Å². The number of hydrogen-bond donors (Lipinski definition) is 1. The molecule has 3 rings (SSSR count). The highest BCUT2D eigenvalue weighted by Gasteiger charge is 2.30. The Hall–Kier alpha value is -3.85. The fraction of sp³-hybridized carbons (Fsp3) is 0.333. The minimum atomic E-state index is -3.82. The van der Waals surface area contributed by atoms with Crippen LogP contribution in [-0.2, 0) is 26.2 Å². The van der Waals surface area contributed by atoms with Crippen molar-refractivity contribution in [1.82, 2.24) is 10.2 Å². The van der Waals surface area contributed by atoms with Gasteiger partial charge in [-0.25, -0.2) is 8.42 Å². The van der Waals surface area contributed by atoms with Gasteiger partial charge in [0.2, 0.25) is 21.8 Å². The summed E-state index contributed by atoms with van der Waals surface area (Å²) in [6.07, 6.45) is 1.05. The standard InChI is InChI=1S/C30H37N3O5S/c1-22(2)19-31-30(35)24(4)32(20-25-12-10-9-11-23(25)3)29(34)21-33(39(5,36)37)26-15-17-28(18-16-26)38-27-13-7-6-8-14-27/h6-18,22,24H,19-21H2,1-5H3,(H,31,35)/t24-/m0/s1. The van der Waals surface area contributed by atoms with E-state index in [1.165, 1.54) is 4.90 Å². The molecule has 0 fully saturated rings. The van der Waals surface area contributed by atoms with Crippen molar-refractivity contribution < 1.29 is 22.7 Å². The number of nitrogens with one attached hydrogen (secondary N) is 1. The van der Waals surface area contributed by atoms with E-state index in [9.17, 15) is 18.0 Å². The topological polar surface area (TPSA) is 96.0 Å². The normalized spacial score (nSPS) is 12.1. The molecule has 8 nitrogen and oxygen atoms in total. The summed E-state index contributed by atoms with van der Waals surface area (Å²) in [6.45, 7) is 7.76. The minimum absolute atomic E-state index is 0.170. The zero-order chi connectivity index (χ0) is 28.6. The summed E-state index contributed by atoms with van der Waals surface area (Å²) in [6, 6.07) is 22.5. The van der Waals surface area contributed by atoms with Crippen LogP contribution < -0.4 is 14.4 Å². The Morgan fingerprint density at radius 2 is 1.46 bits per heavy atom. The number of ether oxygens (including phenoxy) is 1. The number of anilines is 1. The minimum Gasteiger partial charge on any atom is -0.457 e. The number of aryl methyl sites for hydroxylation is 1. The van der Waals surface area contributed by atoms with Gasteiger partial charge in [0, 0.05) is 13.1 Å². The van der Waals surface area contributed by atoms with Crippen LogP contribution in [0.5, 0.6) is 11.5 Å². The predicted molar refractivity (Wildman–Crippen MR) is 154 cm³/mol. The number of carbonyl (C=O) groups is 2. The average molecular weight is 552 g/mol. The van der Waals surface area contributed by atoms with Gasteiger partial charge in [-0.15, -0.1) is 0 Å². The van der Waals surface area contributed by atoms with Crippen molar-refractivity contribution in [2.75, 3.05) is 23.7 Å². The predicted octanol–water partition coefficient (Wildman–Crippen LogP) is 4.74. The second-order valence-corrected chi connectivity index (χ2v) is 11.8. The lowest BCUT2D eigenvalue weighted by atomic mass is 10.1. The lowest BCUT2D eigenvalue weighted by Crippen LogP contribution is -2.51. The molecule has 39 heavy (non-hydrogen) atoms. The number of rotatable bonds is 12. The van der Waals surface area contributed by atoms with E-state index in [4.69, 9.17) is 4.74 Å². The maximum absolute atomic E-state index is 13.7. The van der Waals surface area contributed by atoms with Gasteiger partial charge < -0.3 is 15.0 Å². The zero-order valence-corrected chi connectivity index (χ0v) is 23.9. The smallest absolute Gasteiger partial charge is 0.244 e. The highest BCUT2D eigenvalue weighted by atomic mass is 32.2. The van der Waals surface area contributed by atoms with Crippen molar-refractivity contribution >= 4 is 27.5 Å². The molecule has 3 aromatic rings. The van der Waals surface area contributed by atoms with E-state index in [0.717, 1.165) is 21.7 Å². The Morgan fingerprint density at radius 3 is 2.05 bits per heavy atom. The van der Waals surface area contributed by atoms with Crippen molar-refractivity contribution in [2.45, 2.75) is 40.3 Å². The third-order valence-electron chi connectivity index (χ3n) is 6.24. The molecule has 0 aliphatic heterocycles. The van der Waals surface area contributed by atoms with Crippen molar-refractivity contribution in [2.24, 2.45) is 5.92 Å². The third-order valence-corrected chi connectivity index (χ3v) is 7.38. The van der Waals surface area contributed by atoms with Gasteiger partial charge in [-0.3, -0.25) is 13.9 Å². The Kier molecular flexibility index (Phi) is 10.1. The van der Waals surface area contributed by atoms with Gasteiger partial charge in [0.15, 0.2) is 0 Å². The van der Waals surface area contributed by atoms with Crippen LogP contribution in [0, 0.1) is 12.8 Å². The molecule has 0 heterocycles. The molecule has 1 atom stereocenters. The molecule has 0 saturated heterocycles. The van der Waals surface area contributed by atoms with Crippen molar-refractivity contribution in [3.05, 3.63) is 90.0 Å². The van der Waals surface area contributed by atoms with Crippen LogP contribution in [0.15, 0.2) is 78.9 Å². The van der Waals surface area contributed by atoms with Crippen LogP contribution >= 0.6 is 0 Å². The molecule has 0 aliphatic carbocycles. The van der Waals surface area contributed by atoms with E-state index < -0.39 is 28.5 Å². The summed E-state index contributed by atoms with van der Waals surface area (Å²) >= 11 is 0. The quantitative estimate of drug-likeness (QED) is 0.351. The summed E-state index contributed by atoms with van der Waals surface area (Å²) in [5.74, 6) is 0.647. The third kappa shape index (κ3) is 8.58. The Morgan fingerprint density at radius 1 is 0.872 bits per heavy atom. The van der Waals surface area contributed by atoms with Gasteiger partial charge in [0.25, 0.3) is 0 Å². The second kappa shape index (κ2) is 13.3. The van der Waals surface area contributed by atoms with Crippen LogP contribution in [-0.4, -0.2) is 50.5 Å². The molecule has 0 spiro atoms. The van der Waals surface area contributed by atoms with Gasteiger partial charge in [0.1, 0.15) is 24.1 Å². The van der Waals surface area contributed by atoms with E-state index in [2.05, 4.69) is 5.32 Å². The molecule has 0 aliphatic rings. The fourth-order valence-corrected chi connectivity index (χ4v) is 4.77. The molecule has 0 aromatic heterocycles. The van der Waals surface area contributed by atoms with E-state index in [0.29, 0.717) is 23.7 Å². The fourth-order valence-electron chi connectivity index (χ4n) is 3.92. The van der Waals surface area contributed by atoms with Crippen molar-refractivity contribution in [3.63, 3.8) is 0 Å². The maximum atomic E-state index is 13.7. The van der Waals surface area contributed by atoms with Crippen LogP contribution in [0.2, 0.25) is 0 Å². The molecule has 0 bridgehead atoms. The van der Waals surface area contributed by atoms with Crippen LogP contribution in [0.25, 0.3) is 0 Å². The molecule has 0 radical (unpaired) electrons. The first-order valence-corrected chi connectivity index (χ1v) is 14.7. The number of sulfonamides is 1. The summed E-state index contributed by atoms with van der Waals surface area (Å²) in [7, 11) is -3.82. The average Bonchev–Trinajstić information content (AvgIpc) is 2.90. The van der Waals surface area contributed by atoms with E-state index in [-0.39, 0.29) is 18.4 Å². The monoisotopic (exact) mass is 551 g/mol. The summed E-state index contributed by atoms with van der Waals surface area (Å²) in [5.41, 5.74) is 2.17. The van der Waals surface area contributed by atoms with E-state index in [1.54, 1.807) is 31.2 Å². The molecule has 1 N–H and O–H groups in total. The van der Waals surface area contributed by atoms with Crippen molar-refractivity contribution in [3.8, 4) is 11.5 Å². The molecular formula is C30H37N3O5S. The van der Waals surface area contributed by atoms with Gasteiger partial charge in [-0.05, 0) is 67.3 Å². The van der Waals surface area contributed by atoms with Crippen LogP contribution in [0.4, 0.5) is 5.69 Å². The molecule has 0 unspecified atom stereocenters. The van der Waals surface area contributed by atoms with Gasteiger partial charge in [-0.1, -0.05) is 56.3 Å². The number of benzene rings is 3. The molecule has 208 valence electrons. The summed E-state index contributed by atoms with van der Waals surface area (Å²) in [5, 5.41) is 2.88. The lowest BCUT2D eigenvalue weighted by Gasteiger charge is -2.32. The molecule has 9 heteroatoms. The Bertz CT molecular complexity index is 1360. The lowest BCUT2D eigenvalue weighted by molar-refractivity contribution is -0.139. The highest BCUT2D eigenvalue weighted by Crippen LogP contribution is 2.26. The number of para-hydroxylation sites is 1. The number of nitrogens with zero attached hydrogens (tertiary/aromatic N) is 2. The number of carbonyl (C=O) groups excluding carboxylic acids is 2. The SMILES string of the molecule is Cc1ccccc1CN(C(=O)CN(c1ccc(Oc2ccccc2)cc1)S(C)(=O)=O)[C@@H](C)C(=O)NCC(C)C. The first kappa shape index (κ1) is 29.7. The van der Waals surface area contributed by atoms with Gasteiger partial charge in [-0.2, -0.15) is 0 Å². The van der Waals surface area contributed by atoms with Gasteiger partial charge >= 0.3 is 0 Å². The largest absolute Gasteiger partial charge is 0.457 e. The number of amides is 2. The van der Waals surface area contributed by atoms with Crippen LogP contribution in [0.3, 0.4) is 0 Å². The van der Waals surface area contributed by atoms with E-state index in [1.807, 2.05) is 75.4 Å².